The van der Waals surface area contributed by atoms with E-state index < -0.39 is 0 Å². The Labute approximate surface area is 138 Å². The fourth-order valence-electron chi connectivity index (χ4n) is 2.73. The van der Waals surface area contributed by atoms with Crippen LogP contribution in [0.25, 0.3) is 20.8 Å². The minimum atomic E-state index is 0.0938. The molecule has 0 unspecified atom stereocenters. The van der Waals surface area contributed by atoms with Crippen molar-refractivity contribution in [2.75, 3.05) is 30.4 Å². The van der Waals surface area contributed by atoms with Gasteiger partial charge in [0.15, 0.2) is 0 Å². The zero-order valence-electron chi connectivity index (χ0n) is 12.9. The SMILES string of the molecule is CN(c1cc(NCCO)nc2cc(-c3ccn[nH]3)sc12)C1CC1. The number of H-pyrrole nitrogens is 1. The van der Waals surface area contributed by atoms with Crippen LogP contribution in [0.3, 0.4) is 0 Å². The fourth-order valence-corrected chi connectivity index (χ4v) is 3.86. The first-order valence-corrected chi connectivity index (χ1v) is 8.60. The van der Waals surface area contributed by atoms with Crippen molar-refractivity contribution in [1.82, 2.24) is 15.2 Å². The van der Waals surface area contributed by atoms with Gasteiger partial charge in [-0.1, -0.05) is 0 Å². The van der Waals surface area contributed by atoms with Crippen molar-refractivity contribution >= 4 is 33.1 Å². The van der Waals surface area contributed by atoms with E-state index in [-0.39, 0.29) is 6.61 Å². The predicted molar refractivity (Wildman–Crippen MR) is 94.2 cm³/mol. The molecule has 0 aliphatic heterocycles. The molecule has 6 nitrogen and oxygen atoms in total. The minimum absolute atomic E-state index is 0.0938. The standard InChI is InChI=1S/C16H19N5OS/c1-21(10-2-3-10)13-9-15(17-6-7-22)19-12-8-14(23-16(12)13)11-4-5-18-20-11/h4-5,8-10,22H,2-3,6-7H2,1H3,(H,17,19)(H,18,20). The van der Waals surface area contributed by atoms with Crippen molar-refractivity contribution in [2.24, 2.45) is 0 Å². The van der Waals surface area contributed by atoms with Gasteiger partial charge in [-0.3, -0.25) is 5.10 Å². The monoisotopic (exact) mass is 329 g/mol. The molecule has 1 fully saturated rings. The molecular weight excluding hydrogens is 310 g/mol. The number of rotatable bonds is 6. The lowest BCUT2D eigenvalue weighted by Crippen LogP contribution is -2.20. The molecule has 3 N–H and O–H groups in total. The van der Waals surface area contributed by atoms with E-state index in [9.17, 15) is 0 Å². The molecular formula is C16H19N5OS. The maximum Gasteiger partial charge on any atom is 0.128 e. The first-order chi connectivity index (χ1) is 11.3. The molecule has 1 aliphatic carbocycles. The second-order valence-corrected chi connectivity index (χ2v) is 6.87. The Morgan fingerprint density at radius 1 is 1.43 bits per heavy atom. The normalized spacial score (nSPS) is 14.3. The van der Waals surface area contributed by atoms with Crippen LogP contribution in [0.5, 0.6) is 0 Å². The average molecular weight is 329 g/mol. The number of pyridine rings is 1. The number of fused-ring (bicyclic) bond motifs is 1. The van der Waals surface area contributed by atoms with Crippen LogP contribution in [0.4, 0.5) is 11.5 Å². The molecule has 3 aromatic rings. The van der Waals surface area contributed by atoms with Gasteiger partial charge in [-0.2, -0.15) is 5.10 Å². The van der Waals surface area contributed by atoms with Crippen LogP contribution in [0.15, 0.2) is 24.4 Å². The Balaban J connectivity index is 1.81. The summed E-state index contributed by atoms with van der Waals surface area (Å²) in [7, 11) is 2.15. The number of aromatic nitrogens is 3. The number of hydrogen-bond donors (Lipinski definition) is 3. The van der Waals surface area contributed by atoms with Crippen molar-refractivity contribution in [1.29, 1.82) is 0 Å². The van der Waals surface area contributed by atoms with E-state index in [1.54, 1.807) is 17.5 Å². The number of thiophene rings is 1. The summed E-state index contributed by atoms with van der Waals surface area (Å²) in [6.07, 6.45) is 4.26. The molecule has 1 aliphatic rings. The summed E-state index contributed by atoms with van der Waals surface area (Å²) in [5.41, 5.74) is 3.19. The van der Waals surface area contributed by atoms with Gasteiger partial charge in [-0.25, -0.2) is 4.98 Å². The lowest BCUT2D eigenvalue weighted by molar-refractivity contribution is 0.311. The van der Waals surface area contributed by atoms with Gasteiger partial charge >= 0.3 is 0 Å². The summed E-state index contributed by atoms with van der Waals surface area (Å²) in [6, 6.07) is 6.79. The Morgan fingerprint density at radius 3 is 3.00 bits per heavy atom. The van der Waals surface area contributed by atoms with Crippen LogP contribution in [0.2, 0.25) is 0 Å². The second-order valence-electron chi connectivity index (χ2n) is 5.81. The highest BCUT2D eigenvalue weighted by atomic mass is 32.1. The number of nitrogens with zero attached hydrogens (tertiary/aromatic N) is 3. The van der Waals surface area contributed by atoms with E-state index in [0.717, 1.165) is 21.9 Å². The van der Waals surface area contributed by atoms with Gasteiger partial charge in [0.1, 0.15) is 5.82 Å². The molecule has 0 aromatic carbocycles. The smallest absolute Gasteiger partial charge is 0.128 e. The van der Waals surface area contributed by atoms with Crippen LogP contribution in [0, 0.1) is 0 Å². The molecule has 0 atom stereocenters. The van der Waals surface area contributed by atoms with Gasteiger partial charge in [0.25, 0.3) is 0 Å². The third kappa shape index (κ3) is 2.77. The highest BCUT2D eigenvalue weighted by Crippen LogP contribution is 2.41. The van der Waals surface area contributed by atoms with Crippen LogP contribution in [-0.2, 0) is 0 Å². The van der Waals surface area contributed by atoms with Crippen LogP contribution >= 0.6 is 11.3 Å². The van der Waals surface area contributed by atoms with Gasteiger partial charge in [0.2, 0.25) is 0 Å². The number of aliphatic hydroxyl groups excluding tert-OH is 1. The molecule has 120 valence electrons. The Hall–Kier alpha value is -2.12. The summed E-state index contributed by atoms with van der Waals surface area (Å²) < 4.78 is 1.19. The molecule has 0 amide bonds. The zero-order chi connectivity index (χ0) is 15.8. The number of hydrogen-bond acceptors (Lipinski definition) is 6. The maximum atomic E-state index is 9.04. The Morgan fingerprint density at radius 2 is 2.30 bits per heavy atom. The van der Waals surface area contributed by atoms with Crippen LogP contribution in [-0.4, -0.2) is 46.5 Å². The molecule has 0 bridgehead atoms. The van der Waals surface area contributed by atoms with E-state index in [1.807, 2.05) is 6.07 Å². The molecule has 7 heteroatoms. The van der Waals surface area contributed by atoms with E-state index in [4.69, 9.17) is 10.1 Å². The van der Waals surface area contributed by atoms with Crippen molar-refractivity contribution in [3.8, 4) is 10.6 Å². The van der Waals surface area contributed by atoms with Crippen LogP contribution < -0.4 is 10.2 Å². The third-order valence-corrected chi connectivity index (χ3v) is 5.30. The Bertz CT molecular complexity index is 809. The van der Waals surface area contributed by atoms with Gasteiger partial charge in [0, 0.05) is 31.9 Å². The highest BCUT2D eigenvalue weighted by molar-refractivity contribution is 7.22. The average Bonchev–Trinajstić information content (AvgIpc) is 3.10. The summed E-state index contributed by atoms with van der Waals surface area (Å²) in [4.78, 5) is 8.18. The molecule has 3 aromatic heterocycles. The maximum absolute atomic E-state index is 9.04. The lowest BCUT2D eigenvalue weighted by Gasteiger charge is -2.20. The van der Waals surface area contributed by atoms with Crippen LogP contribution in [0.1, 0.15) is 12.8 Å². The van der Waals surface area contributed by atoms with E-state index in [0.29, 0.717) is 12.6 Å². The number of aromatic amines is 1. The molecule has 0 radical (unpaired) electrons. The zero-order valence-corrected chi connectivity index (χ0v) is 13.7. The van der Waals surface area contributed by atoms with E-state index >= 15 is 0 Å². The first-order valence-electron chi connectivity index (χ1n) is 7.78. The third-order valence-electron chi connectivity index (χ3n) is 4.12. The molecule has 0 saturated heterocycles. The van der Waals surface area contributed by atoms with E-state index in [1.165, 1.54) is 23.2 Å². The van der Waals surface area contributed by atoms with Crippen molar-refractivity contribution < 1.29 is 5.11 Å². The van der Waals surface area contributed by atoms with E-state index in [2.05, 4.69) is 39.6 Å². The fraction of sp³-hybridized carbons (Fsp3) is 0.375. The largest absolute Gasteiger partial charge is 0.395 e. The van der Waals surface area contributed by atoms with Gasteiger partial charge < -0.3 is 15.3 Å². The first kappa shape index (κ1) is 14.5. The van der Waals surface area contributed by atoms with Crippen molar-refractivity contribution in [2.45, 2.75) is 18.9 Å². The Kier molecular flexibility index (Phi) is 3.66. The molecule has 1 saturated carbocycles. The number of aliphatic hydroxyl groups is 1. The predicted octanol–water partition coefficient (Wildman–Crippen LogP) is 2.69. The van der Waals surface area contributed by atoms with Crippen molar-refractivity contribution in [3.63, 3.8) is 0 Å². The molecule has 23 heavy (non-hydrogen) atoms. The molecule has 3 heterocycles. The van der Waals surface area contributed by atoms with Gasteiger partial charge in [0.05, 0.1) is 33.1 Å². The molecule has 0 spiro atoms. The summed E-state index contributed by atoms with van der Waals surface area (Å²) in [6.45, 7) is 0.596. The summed E-state index contributed by atoms with van der Waals surface area (Å²) >= 11 is 1.74. The van der Waals surface area contributed by atoms with Gasteiger partial charge in [-0.15, -0.1) is 11.3 Å². The second kappa shape index (κ2) is 5.82. The summed E-state index contributed by atoms with van der Waals surface area (Å²) in [5, 5.41) is 19.3. The number of anilines is 2. The summed E-state index contributed by atoms with van der Waals surface area (Å²) in [5.74, 6) is 0.808. The molecule has 4 rings (SSSR count). The number of nitrogens with one attached hydrogen (secondary N) is 2. The van der Waals surface area contributed by atoms with Gasteiger partial charge in [-0.05, 0) is 25.0 Å². The topological polar surface area (TPSA) is 77.1 Å². The lowest BCUT2D eigenvalue weighted by atomic mass is 10.2. The van der Waals surface area contributed by atoms with Crippen molar-refractivity contribution in [3.05, 3.63) is 24.4 Å². The highest BCUT2D eigenvalue weighted by Gasteiger charge is 2.28. The minimum Gasteiger partial charge on any atom is -0.395 e. The quantitative estimate of drug-likeness (QED) is 0.648.